The molecule has 0 aliphatic rings. The summed E-state index contributed by atoms with van der Waals surface area (Å²) in [5.74, 6) is 0. The second-order valence-electron chi connectivity index (χ2n) is 4.94. The summed E-state index contributed by atoms with van der Waals surface area (Å²) in [6, 6.07) is 13.3. The van der Waals surface area contributed by atoms with Crippen LogP contribution in [-0.2, 0) is 12.6 Å². The first-order chi connectivity index (χ1) is 9.95. The molecule has 21 heavy (non-hydrogen) atoms. The van der Waals surface area contributed by atoms with Gasteiger partial charge >= 0.3 is 6.18 Å². The van der Waals surface area contributed by atoms with Crippen LogP contribution in [0.1, 0.15) is 35.2 Å². The predicted molar refractivity (Wildman–Crippen MR) is 78.2 cm³/mol. The van der Waals surface area contributed by atoms with Crippen LogP contribution in [0, 0.1) is 0 Å². The number of alkyl halides is 3. The number of hydrogen-bond donors (Lipinski definition) is 1. The molecule has 0 aromatic heterocycles. The van der Waals surface area contributed by atoms with Crippen molar-refractivity contribution in [1.29, 1.82) is 0 Å². The fraction of sp³-hybridized carbons (Fsp3) is 0.294. The van der Waals surface area contributed by atoms with E-state index in [9.17, 15) is 13.2 Å². The Morgan fingerprint density at radius 1 is 0.905 bits per heavy atom. The smallest absolute Gasteiger partial charge is 0.309 e. The van der Waals surface area contributed by atoms with E-state index >= 15 is 0 Å². The Bertz CT molecular complexity index is 570. The third-order valence-corrected chi connectivity index (χ3v) is 3.58. The average Bonchev–Trinajstić information content (AvgIpc) is 2.48. The van der Waals surface area contributed by atoms with E-state index in [4.69, 9.17) is 0 Å². The van der Waals surface area contributed by atoms with Gasteiger partial charge < -0.3 is 5.32 Å². The number of nitrogens with one attached hydrogen (secondary N) is 1. The predicted octanol–water partition coefficient (Wildman–Crippen LogP) is 4.58. The maximum atomic E-state index is 12.6. The first-order valence-electron chi connectivity index (χ1n) is 6.89. The van der Waals surface area contributed by atoms with E-state index in [0.717, 1.165) is 29.7 Å². The zero-order valence-corrected chi connectivity index (χ0v) is 12.0. The van der Waals surface area contributed by atoms with Crippen molar-refractivity contribution in [1.82, 2.24) is 5.32 Å². The van der Waals surface area contributed by atoms with Crippen LogP contribution < -0.4 is 5.32 Å². The van der Waals surface area contributed by atoms with Crippen LogP contribution in [0.2, 0.25) is 0 Å². The molecule has 0 bridgehead atoms. The van der Waals surface area contributed by atoms with Crippen molar-refractivity contribution in [3.63, 3.8) is 0 Å². The molecular formula is C17H18F3N. The van der Waals surface area contributed by atoms with Crippen LogP contribution in [0.3, 0.4) is 0 Å². The normalized spacial score (nSPS) is 13.2. The maximum Gasteiger partial charge on any atom is 0.416 e. The standard InChI is InChI=1S/C17H18F3N/c1-3-12-4-6-13(7-5-12)16(21-2)14-8-10-15(11-9-14)17(18,19)20/h4-11,16,21H,3H2,1-2H3. The van der Waals surface area contributed by atoms with Crippen LogP contribution in [0.5, 0.6) is 0 Å². The lowest BCUT2D eigenvalue weighted by molar-refractivity contribution is -0.137. The van der Waals surface area contributed by atoms with E-state index in [1.54, 1.807) is 7.05 Å². The van der Waals surface area contributed by atoms with Crippen molar-refractivity contribution in [3.05, 3.63) is 70.8 Å². The van der Waals surface area contributed by atoms with E-state index in [0.29, 0.717) is 0 Å². The second-order valence-corrected chi connectivity index (χ2v) is 4.94. The Morgan fingerprint density at radius 2 is 1.38 bits per heavy atom. The van der Waals surface area contributed by atoms with E-state index in [-0.39, 0.29) is 6.04 Å². The van der Waals surface area contributed by atoms with Crippen LogP contribution in [-0.4, -0.2) is 7.05 Å². The summed E-state index contributed by atoms with van der Waals surface area (Å²) < 4.78 is 37.8. The molecule has 4 heteroatoms. The van der Waals surface area contributed by atoms with Crippen molar-refractivity contribution in [2.75, 3.05) is 7.05 Å². The van der Waals surface area contributed by atoms with Crippen LogP contribution in [0.4, 0.5) is 13.2 Å². The minimum absolute atomic E-state index is 0.113. The molecule has 1 atom stereocenters. The Kier molecular flexibility index (Phi) is 4.68. The van der Waals surface area contributed by atoms with Gasteiger partial charge in [-0.25, -0.2) is 0 Å². The maximum absolute atomic E-state index is 12.6. The Labute approximate surface area is 122 Å². The first kappa shape index (κ1) is 15.6. The van der Waals surface area contributed by atoms with Gasteiger partial charge in [-0.1, -0.05) is 43.3 Å². The van der Waals surface area contributed by atoms with Gasteiger partial charge in [-0.15, -0.1) is 0 Å². The molecule has 112 valence electrons. The third-order valence-electron chi connectivity index (χ3n) is 3.58. The molecule has 0 heterocycles. The lowest BCUT2D eigenvalue weighted by Gasteiger charge is -2.18. The minimum atomic E-state index is -4.30. The summed E-state index contributed by atoms with van der Waals surface area (Å²) in [6.45, 7) is 2.08. The van der Waals surface area contributed by atoms with Crippen molar-refractivity contribution >= 4 is 0 Å². The molecule has 0 aliphatic carbocycles. The number of rotatable bonds is 4. The highest BCUT2D eigenvalue weighted by Gasteiger charge is 2.30. The summed E-state index contributed by atoms with van der Waals surface area (Å²) in [4.78, 5) is 0. The Hall–Kier alpha value is -1.81. The molecule has 1 unspecified atom stereocenters. The first-order valence-corrected chi connectivity index (χ1v) is 6.89. The minimum Gasteiger partial charge on any atom is -0.309 e. The van der Waals surface area contributed by atoms with E-state index in [1.165, 1.54) is 17.7 Å². The molecule has 0 aliphatic heterocycles. The lowest BCUT2D eigenvalue weighted by atomic mass is 9.96. The fourth-order valence-corrected chi connectivity index (χ4v) is 2.34. The zero-order chi connectivity index (χ0) is 15.5. The van der Waals surface area contributed by atoms with E-state index in [1.807, 2.05) is 24.3 Å². The Morgan fingerprint density at radius 3 is 1.76 bits per heavy atom. The van der Waals surface area contributed by atoms with Gasteiger partial charge in [-0.05, 0) is 42.3 Å². The van der Waals surface area contributed by atoms with Crippen LogP contribution in [0.15, 0.2) is 48.5 Å². The van der Waals surface area contributed by atoms with Gasteiger partial charge in [0, 0.05) is 0 Å². The van der Waals surface area contributed by atoms with Gasteiger partial charge in [-0.2, -0.15) is 13.2 Å². The molecule has 0 radical (unpaired) electrons. The number of hydrogen-bond acceptors (Lipinski definition) is 1. The van der Waals surface area contributed by atoms with Crippen molar-refractivity contribution in [3.8, 4) is 0 Å². The second kappa shape index (κ2) is 6.31. The van der Waals surface area contributed by atoms with Gasteiger partial charge in [-0.3, -0.25) is 0 Å². The Balaban J connectivity index is 2.28. The molecule has 0 saturated heterocycles. The molecular weight excluding hydrogens is 275 g/mol. The summed E-state index contributed by atoms with van der Waals surface area (Å²) >= 11 is 0. The third kappa shape index (κ3) is 3.64. The molecule has 2 rings (SSSR count). The molecule has 0 fully saturated rings. The van der Waals surface area contributed by atoms with Gasteiger partial charge in [0.15, 0.2) is 0 Å². The van der Waals surface area contributed by atoms with Gasteiger partial charge in [0.25, 0.3) is 0 Å². The average molecular weight is 293 g/mol. The summed E-state index contributed by atoms with van der Waals surface area (Å²) in [5.41, 5.74) is 2.47. The SMILES string of the molecule is CCc1ccc(C(NC)c2ccc(C(F)(F)F)cc2)cc1. The van der Waals surface area contributed by atoms with Crippen molar-refractivity contribution < 1.29 is 13.2 Å². The van der Waals surface area contributed by atoms with Gasteiger partial charge in [0.2, 0.25) is 0 Å². The number of halogens is 3. The molecule has 2 aromatic carbocycles. The molecule has 0 amide bonds. The molecule has 0 spiro atoms. The van der Waals surface area contributed by atoms with E-state index < -0.39 is 11.7 Å². The summed E-state index contributed by atoms with van der Waals surface area (Å²) in [6.07, 6.45) is -3.33. The van der Waals surface area contributed by atoms with Crippen LogP contribution in [0.25, 0.3) is 0 Å². The van der Waals surface area contributed by atoms with Gasteiger partial charge in [0.1, 0.15) is 0 Å². The molecule has 1 nitrogen and oxygen atoms in total. The molecule has 0 saturated carbocycles. The zero-order valence-electron chi connectivity index (χ0n) is 12.0. The largest absolute Gasteiger partial charge is 0.416 e. The fourth-order valence-electron chi connectivity index (χ4n) is 2.34. The highest BCUT2D eigenvalue weighted by Crippen LogP contribution is 2.31. The number of aryl methyl sites for hydroxylation is 1. The topological polar surface area (TPSA) is 12.0 Å². The highest BCUT2D eigenvalue weighted by molar-refractivity contribution is 5.35. The monoisotopic (exact) mass is 293 g/mol. The van der Waals surface area contributed by atoms with Crippen LogP contribution >= 0.6 is 0 Å². The molecule has 1 N–H and O–H groups in total. The highest BCUT2D eigenvalue weighted by atomic mass is 19.4. The summed E-state index contributed by atoms with van der Waals surface area (Å²) in [5, 5.41) is 3.15. The number of benzene rings is 2. The molecule has 2 aromatic rings. The van der Waals surface area contributed by atoms with E-state index in [2.05, 4.69) is 12.2 Å². The quantitative estimate of drug-likeness (QED) is 0.870. The van der Waals surface area contributed by atoms with Crippen molar-refractivity contribution in [2.24, 2.45) is 0 Å². The summed E-state index contributed by atoms with van der Waals surface area (Å²) in [7, 11) is 1.80. The lowest BCUT2D eigenvalue weighted by Crippen LogP contribution is -2.18. The van der Waals surface area contributed by atoms with Gasteiger partial charge in [0.05, 0.1) is 11.6 Å². The van der Waals surface area contributed by atoms with Crippen molar-refractivity contribution in [2.45, 2.75) is 25.6 Å².